The summed E-state index contributed by atoms with van der Waals surface area (Å²) >= 11 is 1.50. The number of aryl methyl sites for hydroxylation is 2. The number of methoxy groups -OCH3 is 1. The van der Waals surface area contributed by atoms with Crippen molar-refractivity contribution in [2.45, 2.75) is 53.1 Å². The molecule has 1 aliphatic heterocycles. The second kappa shape index (κ2) is 8.45. The third-order valence-electron chi connectivity index (χ3n) is 5.31. The van der Waals surface area contributed by atoms with Gasteiger partial charge in [-0.25, -0.2) is 4.79 Å². The number of fused-ring (bicyclic) bond motifs is 1. The summed E-state index contributed by atoms with van der Waals surface area (Å²) < 4.78 is 5.01. The molecule has 2 aromatic rings. The second-order valence-electron chi connectivity index (χ2n) is 7.67. The molecule has 0 bridgehead atoms. The average molecular weight is 401 g/mol. The molecule has 0 spiro atoms. The highest BCUT2D eigenvalue weighted by Gasteiger charge is 2.30. The Morgan fingerprint density at radius 1 is 1.29 bits per heavy atom. The van der Waals surface area contributed by atoms with Crippen LogP contribution >= 0.6 is 11.3 Å². The number of esters is 1. The zero-order chi connectivity index (χ0) is 20.4. The number of hydrogen-bond donors (Lipinski definition) is 1. The first-order valence-electron chi connectivity index (χ1n) is 9.63. The van der Waals surface area contributed by atoms with Gasteiger partial charge in [0.25, 0.3) is 0 Å². The summed E-state index contributed by atoms with van der Waals surface area (Å²) in [7, 11) is 1.39. The maximum absolute atomic E-state index is 12.7. The molecule has 1 aromatic heterocycles. The number of nitrogens with zero attached hydrogens (tertiary/aromatic N) is 1. The highest BCUT2D eigenvalue weighted by Crippen LogP contribution is 2.38. The van der Waals surface area contributed by atoms with Gasteiger partial charge in [-0.3, -0.25) is 9.69 Å². The Bertz CT molecular complexity index is 901. The van der Waals surface area contributed by atoms with Gasteiger partial charge in [-0.2, -0.15) is 0 Å². The molecule has 0 unspecified atom stereocenters. The van der Waals surface area contributed by atoms with Gasteiger partial charge in [0.1, 0.15) is 5.00 Å². The largest absolute Gasteiger partial charge is 0.465 e. The Hall–Kier alpha value is -2.18. The summed E-state index contributed by atoms with van der Waals surface area (Å²) in [5.74, 6) is -0.492. The minimum absolute atomic E-state index is 0.114. The maximum atomic E-state index is 12.7. The Morgan fingerprint density at radius 2 is 2.04 bits per heavy atom. The van der Waals surface area contributed by atoms with Crippen LogP contribution in [0.5, 0.6) is 0 Å². The minimum Gasteiger partial charge on any atom is -0.465 e. The molecule has 0 saturated heterocycles. The molecule has 3 rings (SSSR count). The zero-order valence-electron chi connectivity index (χ0n) is 17.2. The predicted octanol–water partition coefficient (Wildman–Crippen LogP) is 4.10. The molecule has 28 heavy (non-hydrogen) atoms. The van der Waals surface area contributed by atoms with Crippen molar-refractivity contribution in [3.63, 3.8) is 0 Å². The van der Waals surface area contributed by atoms with Crippen molar-refractivity contribution in [3.05, 3.63) is 50.9 Å². The lowest BCUT2D eigenvalue weighted by atomic mass is 10.0. The summed E-state index contributed by atoms with van der Waals surface area (Å²) in [5.41, 5.74) is 4.82. The number of hydrogen-bond acceptors (Lipinski definition) is 5. The molecule has 1 aromatic carbocycles. The normalized spacial score (nSPS) is 14.1. The fourth-order valence-corrected chi connectivity index (χ4v) is 4.94. The lowest BCUT2D eigenvalue weighted by Gasteiger charge is -2.30. The van der Waals surface area contributed by atoms with Gasteiger partial charge < -0.3 is 10.1 Å². The smallest absolute Gasteiger partial charge is 0.341 e. The molecule has 0 radical (unpaired) electrons. The van der Waals surface area contributed by atoms with Crippen LogP contribution in [0.15, 0.2) is 18.2 Å². The van der Waals surface area contributed by atoms with Gasteiger partial charge >= 0.3 is 5.97 Å². The topological polar surface area (TPSA) is 58.6 Å². The van der Waals surface area contributed by atoms with Gasteiger partial charge in [0, 0.05) is 24.0 Å². The van der Waals surface area contributed by atoms with Crippen molar-refractivity contribution < 1.29 is 14.3 Å². The third kappa shape index (κ3) is 4.28. The van der Waals surface area contributed by atoms with Gasteiger partial charge in [-0.05, 0) is 50.8 Å². The average Bonchev–Trinajstić information content (AvgIpc) is 3.00. The highest BCUT2D eigenvalue weighted by molar-refractivity contribution is 7.17. The van der Waals surface area contributed by atoms with E-state index in [4.69, 9.17) is 4.74 Å². The molecule has 6 heteroatoms. The summed E-state index contributed by atoms with van der Waals surface area (Å²) in [5, 5.41) is 3.59. The van der Waals surface area contributed by atoms with Gasteiger partial charge in [0.05, 0.1) is 19.1 Å². The lowest BCUT2D eigenvalue weighted by Crippen LogP contribution is -2.35. The van der Waals surface area contributed by atoms with Crippen LogP contribution < -0.4 is 5.32 Å². The number of benzene rings is 1. The molecule has 5 nitrogen and oxygen atoms in total. The van der Waals surface area contributed by atoms with Crippen molar-refractivity contribution in [2.75, 3.05) is 19.0 Å². The monoisotopic (exact) mass is 400 g/mol. The first-order valence-corrected chi connectivity index (χ1v) is 10.4. The predicted molar refractivity (Wildman–Crippen MR) is 113 cm³/mol. The Morgan fingerprint density at radius 3 is 2.68 bits per heavy atom. The van der Waals surface area contributed by atoms with Crippen LogP contribution in [-0.4, -0.2) is 36.5 Å². The molecule has 1 amide bonds. The molecule has 0 fully saturated rings. The van der Waals surface area contributed by atoms with Crippen molar-refractivity contribution >= 4 is 28.2 Å². The Labute approximate surface area is 170 Å². The summed E-state index contributed by atoms with van der Waals surface area (Å²) in [4.78, 5) is 28.7. The van der Waals surface area contributed by atoms with Crippen molar-refractivity contribution in [1.29, 1.82) is 0 Å². The van der Waals surface area contributed by atoms with Gasteiger partial charge in [-0.1, -0.05) is 23.8 Å². The highest BCUT2D eigenvalue weighted by atomic mass is 32.1. The number of ether oxygens (including phenoxy) is 1. The van der Waals surface area contributed by atoms with E-state index in [1.54, 1.807) is 0 Å². The zero-order valence-corrected chi connectivity index (χ0v) is 18.0. The second-order valence-corrected chi connectivity index (χ2v) is 8.77. The number of nitrogens with one attached hydrogen (secondary N) is 1. The Kier molecular flexibility index (Phi) is 6.20. The number of thiophene rings is 1. The van der Waals surface area contributed by atoms with Crippen LogP contribution in [0.2, 0.25) is 0 Å². The number of carbonyl (C=O) groups is 2. The van der Waals surface area contributed by atoms with E-state index >= 15 is 0 Å². The van der Waals surface area contributed by atoms with E-state index < -0.39 is 0 Å². The van der Waals surface area contributed by atoms with Crippen LogP contribution in [0, 0.1) is 13.8 Å². The molecule has 0 atom stereocenters. The minimum atomic E-state index is -0.377. The third-order valence-corrected chi connectivity index (χ3v) is 6.44. The van der Waals surface area contributed by atoms with E-state index in [1.807, 2.05) is 26.0 Å². The van der Waals surface area contributed by atoms with Gasteiger partial charge in [-0.15, -0.1) is 11.3 Å². The van der Waals surface area contributed by atoms with Crippen LogP contribution in [-0.2, 0) is 28.9 Å². The fraction of sp³-hybridized carbons (Fsp3) is 0.455. The quantitative estimate of drug-likeness (QED) is 0.768. The Balaban J connectivity index is 1.84. The summed E-state index contributed by atoms with van der Waals surface area (Å²) in [6, 6.07) is 6.53. The lowest BCUT2D eigenvalue weighted by molar-refractivity contribution is -0.115. The number of carbonyl (C=O) groups excluding carboxylic acids is 2. The van der Waals surface area contributed by atoms with Gasteiger partial charge in [0.2, 0.25) is 5.91 Å². The van der Waals surface area contributed by atoms with Crippen LogP contribution in [0.1, 0.15) is 51.3 Å². The maximum Gasteiger partial charge on any atom is 0.341 e. The first kappa shape index (κ1) is 20.6. The molecular formula is C22H28N2O3S. The number of amides is 1. The van der Waals surface area contributed by atoms with Crippen LogP contribution in [0.3, 0.4) is 0 Å². The molecule has 1 N–H and O–H groups in total. The van der Waals surface area contributed by atoms with Crippen molar-refractivity contribution in [2.24, 2.45) is 0 Å². The summed E-state index contributed by atoms with van der Waals surface area (Å²) in [6.45, 7) is 10.1. The standard InChI is InChI=1S/C22H28N2O3S/c1-13(2)24-9-8-17-18(12-24)28-21(20(17)22(26)27-5)23-19(25)11-16-7-6-14(3)10-15(16)4/h6-7,10,13H,8-9,11-12H2,1-5H3,(H,23,25). The van der Waals surface area contributed by atoms with E-state index in [0.717, 1.165) is 41.1 Å². The molecular weight excluding hydrogens is 372 g/mol. The molecule has 0 saturated carbocycles. The van der Waals surface area contributed by atoms with Crippen LogP contribution in [0.4, 0.5) is 5.00 Å². The first-order chi connectivity index (χ1) is 13.3. The van der Waals surface area contributed by atoms with E-state index in [9.17, 15) is 9.59 Å². The van der Waals surface area contributed by atoms with Crippen molar-refractivity contribution in [1.82, 2.24) is 4.90 Å². The molecule has 150 valence electrons. The number of anilines is 1. The van der Waals surface area contributed by atoms with E-state index in [1.165, 1.54) is 24.0 Å². The molecule has 2 heterocycles. The van der Waals surface area contributed by atoms with E-state index in [2.05, 4.69) is 30.1 Å². The SMILES string of the molecule is COC(=O)c1c(NC(=O)Cc2ccc(C)cc2C)sc2c1CCN(C(C)C)C2. The van der Waals surface area contributed by atoms with E-state index in [0.29, 0.717) is 16.6 Å². The molecule has 1 aliphatic rings. The fourth-order valence-electron chi connectivity index (χ4n) is 3.66. The van der Waals surface area contributed by atoms with E-state index in [-0.39, 0.29) is 18.3 Å². The van der Waals surface area contributed by atoms with Gasteiger partial charge in [0.15, 0.2) is 0 Å². The van der Waals surface area contributed by atoms with Crippen molar-refractivity contribution in [3.8, 4) is 0 Å². The number of rotatable bonds is 5. The molecule has 0 aliphatic carbocycles. The van der Waals surface area contributed by atoms with Crippen LogP contribution in [0.25, 0.3) is 0 Å². The summed E-state index contributed by atoms with van der Waals surface area (Å²) in [6.07, 6.45) is 1.08.